The number of nitrogens with one attached hydrogen (secondary N) is 1. The Bertz CT molecular complexity index is 2080. The van der Waals surface area contributed by atoms with Gasteiger partial charge in [0.2, 0.25) is 5.60 Å². The average Bonchev–Trinajstić information content (AvgIpc) is 3.13. The van der Waals surface area contributed by atoms with Gasteiger partial charge in [0.1, 0.15) is 11.5 Å². The van der Waals surface area contributed by atoms with Crippen LogP contribution < -0.4 is 5.32 Å². The fourth-order valence-electron chi connectivity index (χ4n) is 7.74. The summed E-state index contributed by atoms with van der Waals surface area (Å²) in [6, 6.07) is 14.9. The molecule has 2 bridgehead atoms. The number of phenolic OH excluding ortho intramolecular Hbond substituents is 4. The van der Waals surface area contributed by atoms with Crippen LogP contribution in [-0.2, 0) is 35.0 Å². The highest BCUT2D eigenvalue weighted by molar-refractivity contribution is 5.91. The number of hydrogen-bond donors (Lipinski definition) is 10. The Morgan fingerprint density at radius 2 is 1.56 bits per heavy atom. The SMILES string of the molecule is CN[C@@]1(O)[C@H]2C=C(O)C3(C[C@](O)(C(=O)O)[C@H](Cc4ccccc4)[C@@H](OC(=O)/C=C(\O)c4ccc(O)c(O)c4)[C@@]31OC(=O)/C=C/c1ccc(O)c(O)c1)OC2. The number of aliphatic hydroxyl groups is 4. The zero-order valence-corrected chi connectivity index (χ0v) is 28.5. The molecule has 2 heterocycles. The molecule has 1 spiro atoms. The molecule has 16 nitrogen and oxygen atoms in total. The van der Waals surface area contributed by atoms with Crippen LogP contribution in [0.3, 0.4) is 0 Å². The Balaban J connectivity index is 1.56. The topological polar surface area (TPSA) is 273 Å². The monoisotopic (exact) mass is 747 g/mol. The lowest BCUT2D eigenvalue weighted by Crippen LogP contribution is -2.90. The van der Waals surface area contributed by atoms with Gasteiger partial charge < -0.3 is 60.2 Å². The van der Waals surface area contributed by atoms with Crippen LogP contribution in [0, 0.1) is 11.8 Å². The predicted octanol–water partition coefficient (Wildman–Crippen LogP) is 2.14. The highest BCUT2D eigenvalue weighted by atomic mass is 16.6. The zero-order valence-electron chi connectivity index (χ0n) is 28.5. The first-order valence-corrected chi connectivity index (χ1v) is 16.5. The van der Waals surface area contributed by atoms with Crippen LogP contribution in [0.5, 0.6) is 23.0 Å². The second-order valence-electron chi connectivity index (χ2n) is 13.3. The van der Waals surface area contributed by atoms with Crippen LogP contribution in [0.15, 0.2) is 90.7 Å². The van der Waals surface area contributed by atoms with Gasteiger partial charge in [-0.2, -0.15) is 0 Å². The van der Waals surface area contributed by atoms with Crippen LogP contribution >= 0.6 is 0 Å². The molecule has 0 aromatic heterocycles. The van der Waals surface area contributed by atoms with Gasteiger partial charge in [0.05, 0.1) is 18.6 Å². The lowest BCUT2D eigenvalue weighted by Gasteiger charge is -2.69. The fourth-order valence-corrected chi connectivity index (χ4v) is 7.74. The molecule has 0 radical (unpaired) electrons. The summed E-state index contributed by atoms with van der Waals surface area (Å²) in [5.41, 5.74) is -10.4. The molecular weight excluding hydrogens is 710 g/mol. The number of esters is 2. The minimum atomic E-state index is -2.93. The average molecular weight is 748 g/mol. The summed E-state index contributed by atoms with van der Waals surface area (Å²) >= 11 is 0. The number of aliphatic carboxylic acids is 1. The van der Waals surface area contributed by atoms with E-state index in [2.05, 4.69) is 5.32 Å². The van der Waals surface area contributed by atoms with Gasteiger partial charge in [0.15, 0.2) is 46.0 Å². The van der Waals surface area contributed by atoms with Crippen LogP contribution in [0.4, 0.5) is 0 Å². The Kier molecular flexibility index (Phi) is 9.58. The Hall–Kier alpha value is -6.07. The van der Waals surface area contributed by atoms with Crippen molar-refractivity contribution in [2.75, 3.05) is 13.7 Å². The van der Waals surface area contributed by atoms with E-state index < -0.39 is 106 Å². The van der Waals surface area contributed by atoms with E-state index in [9.17, 15) is 60.3 Å². The number of aliphatic hydroxyl groups excluding tert-OH is 2. The number of fused-ring (bicyclic) bond motifs is 1. The summed E-state index contributed by atoms with van der Waals surface area (Å²) in [5, 5.41) is 100. The van der Waals surface area contributed by atoms with E-state index >= 15 is 0 Å². The van der Waals surface area contributed by atoms with E-state index in [1.54, 1.807) is 30.3 Å². The molecule has 0 amide bonds. The second kappa shape index (κ2) is 13.7. The van der Waals surface area contributed by atoms with E-state index in [1.165, 1.54) is 19.2 Å². The van der Waals surface area contributed by atoms with Gasteiger partial charge >= 0.3 is 17.9 Å². The molecule has 4 aliphatic rings. The summed E-state index contributed by atoms with van der Waals surface area (Å²) in [7, 11) is 1.27. The minimum absolute atomic E-state index is 0.163. The molecule has 2 aliphatic carbocycles. The van der Waals surface area contributed by atoms with Gasteiger partial charge in [-0.1, -0.05) is 36.4 Å². The number of carboxylic acids is 1. The van der Waals surface area contributed by atoms with E-state index in [0.717, 1.165) is 42.5 Å². The third-order valence-electron chi connectivity index (χ3n) is 10.4. The number of carbonyl (C=O) groups excluding carboxylic acids is 2. The van der Waals surface area contributed by atoms with Gasteiger partial charge in [-0.3, -0.25) is 5.32 Å². The number of rotatable bonds is 10. The first-order valence-electron chi connectivity index (χ1n) is 16.5. The molecule has 16 heteroatoms. The van der Waals surface area contributed by atoms with Crippen molar-refractivity contribution >= 4 is 29.7 Å². The van der Waals surface area contributed by atoms with Crippen molar-refractivity contribution in [2.45, 2.75) is 41.5 Å². The van der Waals surface area contributed by atoms with Gasteiger partial charge in [-0.25, -0.2) is 14.4 Å². The lowest BCUT2D eigenvalue weighted by atomic mass is 9.49. The largest absolute Gasteiger partial charge is 0.509 e. The van der Waals surface area contributed by atoms with Crippen molar-refractivity contribution in [2.24, 2.45) is 11.8 Å². The smallest absolute Gasteiger partial charge is 0.336 e. The minimum Gasteiger partial charge on any atom is -0.509 e. The van der Waals surface area contributed by atoms with E-state index in [1.807, 2.05) is 0 Å². The standard InChI is InChI=1S/C38H37NO15/c1-39-38(51)23-16-30(45)36(52-18-23)19-35(50,34(48)49)24(13-20-5-3-2-4-6-20)33(53-32(47)17-27(42)22-9-11-26(41)29(44)15-22)37(36,38)54-31(46)12-8-21-7-10-25(40)28(43)14-21/h2-12,14-17,23-24,33,39-45,50-51H,13,18-19H2,1H3,(H,48,49)/b12-8+,27-17-/t23-,24+,33+,35+,36?,37+,38+/m0/s1. The molecule has 3 aromatic rings. The van der Waals surface area contributed by atoms with Crippen molar-refractivity contribution in [3.8, 4) is 23.0 Å². The van der Waals surface area contributed by atoms with E-state index in [0.29, 0.717) is 11.6 Å². The van der Waals surface area contributed by atoms with E-state index in [4.69, 9.17) is 14.2 Å². The normalized spacial score (nSPS) is 30.3. The number of hydrogen-bond acceptors (Lipinski definition) is 15. The molecule has 3 aromatic carbocycles. The van der Waals surface area contributed by atoms with Crippen LogP contribution in [-0.4, -0.2) is 106 Å². The van der Waals surface area contributed by atoms with Crippen molar-refractivity contribution in [1.82, 2.24) is 5.32 Å². The second-order valence-corrected chi connectivity index (χ2v) is 13.3. The van der Waals surface area contributed by atoms with Crippen LogP contribution in [0.25, 0.3) is 11.8 Å². The van der Waals surface area contributed by atoms with Gasteiger partial charge in [0, 0.05) is 24.0 Å². The van der Waals surface area contributed by atoms with E-state index in [-0.39, 0.29) is 17.5 Å². The number of phenols is 4. The van der Waals surface area contributed by atoms with Gasteiger partial charge in [-0.05, 0) is 67.1 Å². The number of aromatic hydroxyl groups is 4. The highest BCUT2D eigenvalue weighted by Gasteiger charge is 2.85. The molecule has 1 saturated carbocycles. The Morgan fingerprint density at radius 1 is 0.889 bits per heavy atom. The van der Waals surface area contributed by atoms with Crippen molar-refractivity contribution < 1.29 is 74.6 Å². The number of carbonyl (C=O) groups is 3. The first kappa shape index (κ1) is 37.7. The van der Waals surface area contributed by atoms with Crippen LogP contribution in [0.2, 0.25) is 0 Å². The molecule has 284 valence electrons. The quantitative estimate of drug-likeness (QED) is 0.0468. The summed E-state index contributed by atoms with van der Waals surface area (Å²) in [6.45, 7) is -0.395. The first-order chi connectivity index (χ1) is 25.5. The lowest BCUT2D eigenvalue weighted by molar-refractivity contribution is -0.387. The summed E-state index contributed by atoms with van der Waals surface area (Å²) < 4.78 is 18.2. The molecular formula is C38H37NO15. The van der Waals surface area contributed by atoms with Crippen molar-refractivity contribution in [1.29, 1.82) is 0 Å². The highest BCUT2D eigenvalue weighted by Crippen LogP contribution is 2.63. The number of benzene rings is 3. The Morgan fingerprint density at radius 3 is 2.17 bits per heavy atom. The summed E-state index contributed by atoms with van der Waals surface area (Å²) in [5.74, 6) is -11.2. The maximum absolute atomic E-state index is 14.0. The molecule has 7 atom stereocenters. The maximum atomic E-state index is 14.0. The van der Waals surface area contributed by atoms with Crippen molar-refractivity contribution in [3.63, 3.8) is 0 Å². The molecule has 1 saturated heterocycles. The molecule has 2 fully saturated rings. The third-order valence-corrected chi connectivity index (χ3v) is 10.4. The summed E-state index contributed by atoms with van der Waals surface area (Å²) in [4.78, 5) is 41.0. The molecule has 2 aliphatic heterocycles. The molecule has 7 rings (SSSR count). The van der Waals surface area contributed by atoms with Gasteiger partial charge in [0.25, 0.3) is 0 Å². The van der Waals surface area contributed by atoms with Crippen LogP contribution in [0.1, 0.15) is 23.1 Å². The molecule has 10 N–H and O–H groups in total. The van der Waals surface area contributed by atoms with Gasteiger partial charge in [-0.15, -0.1) is 0 Å². The van der Waals surface area contributed by atoms with Crippen molar-refractivity contribution in [3.05, 3.63) is 107 Å². The number of ether oxygens (including phenoxy) is 3. The third kappa shape index (κ3) is 5.94. The molecule has 1 unspecified atom stereocenters. The molecule has 54 heavy (non-hydrogen) atoms. The fraction of sp³-hybridized carbons (Fsp3) is 0.289. The predicted molar refractivity (Wildman–Crippen MR) is 186 cm³/mol. The Labute approximate surface area is 306 Å². The zero-order chi connectivity index (χ0) is 39.2. The summed E-state index contributed by atoms with van der Waals surface area (Å²) in [6.07, 6.45) is 0.112. The maximum Gasteiger partial charge on any atom is 0.336 e. The number of carboxylic acid groups (broad SMARTS) is 1. The number of likely N-dealkylation sites (N-methyl/N-ethyl adjacent to an activating group) is 1.